The highest BCUT2D eigenvalue weighted by Crippen LogP contribution is 2.07. The molecule has 1 aromatic rings. The van der Waals surface area contributed by atoms with Crippen LogP contribution in [0.3, 0.4) is 0 Å². The first-order valence-corrected chi connectivity index (χ1v) is 4.89. The number of pyridine rings is 1. The molecule has 1 N–H and O–H groups in total. The van der Waals surface area contributed by atoms with Crippen molar-refractivity contribution in [2.24, 2.45) is 0 Å². The number of esters is 1. The normalized spacial score (nSPS) is 11.2. The van der Waals surface area contributed by atoms with Gasteiger partial charge in [-0.25, -0.2) is 0 Å². The number of hydrogen-bond donors (Lipinski definition) is 1. The first-order valence-electron chi connectivity index (χ1n) is 4.89. The third-order valence-corrected chi connectivity index (χ3v) is 1.70. The minimum absolute atomic E-state index is 0.120. The number of aromatic nitrogens is 1. The summed E-state index contributed by atoms with van der Waals surface area (Å²) in [5.41, 5.74) is -1.01. The van der Waals surface area contributed by atoms with Crippen LogP contribution in [0.4, 0.5) is 0 Å². The lowest BCUT2D eigenvalue weighted by atomic mass is 10.2. The Morgan fingerprint density at radius 1 is 1.50 bits per heavy atom. The summed E-state index contributed by atoms with van der Waals surface area (Å²) in [6, 6.07) is 2.39. The Balaban J connectivity index is 2.74. The number of carbonyl (C=O) groups is 1. The van der Waals surface area contributed by atoms with Crippen molar-refractivity contribution >= 4 is 5.97 Å². The van der Waals surface area contributed by atoms with Gasteiger partial charge in [0.05, 0.1) is 0 Å². The molecule has 0 aromatic carbocycles. The molecular weight excluding hydrogens is 210 g/mol. The molecule has 1 rings (SSSR count). The summed E-state index contributed by atoms with van der Waals surface area (Å²) >= 11 is 0. The van der Waals surface area contributed by atoms with Gasteiger partial charge in [0, 0.05) is 12.3 Å². The van der Waals surface area contributed by atoms with Crippen molar-refractivity contribution in [1.82, 2.24) is 4.57 Å². The van der Waals surface area contributed by atoms with Gasteiger partial charge in [0.2, 0.25) is 0 Å². The van der Waals surface area contributed by atoms with Crippen molar-refractivity contribution in [3.63, 3.8) is 0 Å². The van der Waals surface area contributed by atoms with Gasteiger partial charge >= 0.3 is 5.97 Å². The molecule has 1 heterocycles. The van der Waals surface area contributed by atoms with Crippen LogP contribution in [0.15, 0.2) is 23.1 Å². The fourth-order valence-electron chi connectivity index (χ4n) is 1.14. The van der Waals surface area contributed by atoms with Crippen LogP contribution in [0.5, 0.6) is 5.75 Å². The average molecular weight is 225 g/mol. The number of ether oxygens (including phenoxy) is 1. The molecule has 5 heteroatoms. The van der Waals surface area contributed by atoms with Crippen LogP contribution in [-0.4, -0.2) is 21.2 Å². The zero-order valence-corrected chi connectivity index (χ0v) is 9.56. The number of hydrogen-bond acceptors (Lipinski definition) is 4. The standard InChI is InChI=1S/C11H15NO4/c1-11(2,3)16-10(15)7-12-5-4-8(13)6-9(12)14/h4-6,13H,7H2,1-3H3. The van der Waals surface area contributed by atoms with E-state index in [1.165, 1.54) is 16.8 Å². The Morgan fingerprint density at radius 2 is 2.12 bits per heavy atom. The van der Waals surface area contributed by atoms with Crippen LogP contribution in [0.25, 0.3) is 0 Å². The summed E-state index contributed by atoms with van der Waals surface area (Å²) in [6.45, 7) is 5.11. The first kappa shape index (κ1) is 12.3. The highest BCUT2D eigenvalue weighted by molar-refractivity contribution is 5.69. The van der Waals surface area contributed by atoms with Crippen molar-refractivity contribution in [3.05, 3.63) is 28.7 Å². The molecule has 0 bridgehead atoms. The molecule has 0 spiro atoms. The van der Waals surface area contributed by atoms with Crippen molar-refractivity contribution in [2.45, 2.75) is 32.9 Å². The second-order valence-electron chi connectivity index (χ2n) is 4.44. The monoisotopic (exact) mass is 225 g/mol. The summed E-state index contributed by atoms with van der Waals surface area (Å²) in [5.74, 6) is -0.606. The Kier molecular flexibility index (Phi) is 3.37. The predicted molar refractivity (Wildman–Crippen MR) is 58.2 cm³/mol. The minimum atomic E-state index is -0.572. The fraction of sp³-hybridized carbons (Fsp3) is 0.455. The maximum Gasteiger partial charge on any atom is 0.326 e. The van der Waals surface area contributed by atoms with Gasteiger partial charge < -0.3 is 14.4 Å². The van der Waals surface area contributed by atoms with Crippen LogP contribution in [0.1, 0.15) is 20.8 Å². The van der Waals surface area contributed by atoms with Crippen LogP contribution in [0.2, 0.25) is 0 Å². The molecule has 16 heavy (non-hydrogen) atoms. The molecule has 1 aromatic heterocycles. The predicted octanol–water partition coefficient (Wildman–Crippen LogP) is 0.896. The number of rotatable bonds is 2. The van der Waals surface area contributed by atoms with Crippen LogP contribution < -0.4 is 5.56 Å². The van der Waals surface area contributed by atoms with Crippen LogP contribution in [0, 0.1) is 0 Å². The van der Waals surface area contributed by atoms with Crippen LogP contribution >= 0.6 is 0 Å². The molecule has 88 valence electrons. The molecule has 0 saturated heterocycles. The van der Waals surface area contributed by atoms with E-state index >= 15 is 0 Å². The quantitative estimate of drug-likeness (QED) is 0.759. The van der Waals surface area contributed by atoms with Crippen molar-refractivity contribution in [1.29, 1.82) is 0 Å². The smallest absolute Gasteiger partial charge is 0.326 e. The number of nitrogens with zero attached hydrogens (tertiary/aromatic N) is 1. The third kappa shape index (κ3) is 3.76. The summed E-state index contributed by atoms with van der Waals surface area (Å²) in [5, 5.41) is 9.03. The Morgan fingerprint density at radius 3 is 2.62 bits per heavy atom. The van der Waals surface area contributed by atoms with E-state index in [0.717, 1.165) is 6.07 Å². The van der Waals surface area contributed by atoms with E-state index in [-0.39, 0.29) is 12.3 Å². The Hall–Kier alpha value is -1.78. The summed E-state index contributed by atoms with van der Waals surface area (Å²) in [7, 11) is 0. The second kappa shape index (κ2) is 4.38. The van der Waals surface area contributed by atoms with Gasteiger partial charge in [0.1, 0.15) is 17.9 Å². The Bertz CT molecular complexity index is 442. The lowest BCUT2D eigenvalue weighted by molar-refractivity contribution is -0.155. The fourth-order valence-corrected chi connectivity index (χ4v) is 1.14. The molecule has 0 aliphatic heterocycles. The summed E-state index contributed by atoms with van der Waals surface area (Å²) in [6.07, 6.45) is 1.35. The zero-order chi connectivity index (χ0) is 12.3. The Labute approximate surface area is 93.3 Å². The van der Waals surface area contributed by atoms with E-state index in [2.05, 4.69) is 0 Å². The molecule has 0 aliphatic rings. The largest absolute Gasteiger partial charge is 0.508 e. The highest BCUT2D eigenvalue weighted by Gasteiger charge is 2.16. The maximum atomic E-state index is 11.4. The second-order valence-corrected chi connectivity index (χ2v) is 4.44. The molecule has 5 nitrogen and oxygen atoms in total. The SMILES string of the molecule is CC(C)(C)OC(=O)Cn1ccc(O)cc1=O. The van der Waals surface area contributed by atoms with Gasteiger partial charge in [-0.15, -0.1) is 0 Å². The van der Waals surface area contributed by atoms with Gasteiger partial charge in [-0.1, -0.05) is 0 Å². The minimum Gasteiger partial charge on any atom is -0.508 e. The van der Waals surface area contributed by atoms with Gasteiger partial charge in [-0.3, -0.25) is 9.59 Å². The molecule has 0 aliphatic carbocycles. The summed E-state index contributed by atoms with van der Waals surface area (Å²) in [4.78, 5) is 22.8. The molecule has 0 atom stereocenters. The molecule has 0 radical (unpaired) electrons. The van der Waals surface area contributed by atoms with E-state index in [4.69, 9.17) is 9.84 Å². The van der Waals surface area contributed by atoms with Crippen molar-refractivity contribution < 1.29 is 14.6 Å². The molecule has 0 amide bonds. The van der Waals surface area contributed by atoms with Crippen molar-refractivity contribution in [3.8, 4) is 5.75 Å². The number of carbonyl (C=O) groups excluding carboxylic acids is 1. The highest BCUT2D eigenvalue weighted by atomic mass is 16.6. The van der Waals surface area contributed by atoms with Gasteiger partial charge in [-0.05, 0) is 26.8 Å². The van der Waals surface area contributed by atoms with E-state index in [0.29, 0.717) is 0 Å². The zero-order valence-electron chi connectivity index (χ0n) is 9.56. The van der Waals surface area contributed by atoms with E-state index in [1.807, 2.05) is 0 Å². The van der Waals surface area contributed by atoms with Crippen LogP contribution in [-0.2, 0) is 16.1 Å². The van der Waals surface area contributed by atoms with E-state index in [9.17, 15) is 9.59 Å². The van der Waals surface area contributed by atoms with Crippen molar-refractivity contribution in [2.75, 3.05) is 0 Å². The lowest BCUT2D eigenvalue weighted by Crippen LogP contribution is -2.29. The molecule has 0 saturated carbocycles. The number of aromatic hydroxyl groups is 1. The van der Waals surface area contributed by atoms with E-state index < -0.39 is 17.1 Å². The molecule has 0 fully saturated rings. The third-order valence-electron chi connectivity index (χ3n) is 1.70. The summed E-state index contributed by atoms with van der Waals surface area (Å²) < 4.78 is 6.24. The van der Waals surface area contributed by atoms with Gasteiger partial charge in [-0.2, -0.15) is 0 Å². The average Bonchev–Trinajstić information content (AvgIpc) is 2.06. The lowest BCUT2D eigenvalue weighted by Gasteiger charge is -2.19. The molecular formula is C11H15NO4. The topological polar surface area (TPSA) is 68.5 Å². The van der Waals surface area contributed by atoms with Gasteiger partial charge in [0.25, 0.3) is 5.56 Å². The van der Waals surface area contributed by atoms with Gasteiger partial charge in [0.15, 0.2) is 0 Å². The van der Waals surface area contributed by atoms with E-state index in [1.54, 1.807) is 20.8 Å². The maximum absolute atomic E-state index is 11.4. The molecule has 0 unspecified atom stereocenters. The first-order chi connectivity index (χ1) is 7.28.